The number of benzene rings is 2. The number of halogens is 1. The molecule has 33 heavy (non-hydrogen) atoms. The van der Waals surface area contributed by atoms with Crippen molar-refractivity contribution in [2.24, 2.45) is 0 Å². The number of anilines is 1. The number of hydrogen-bond acceptors (Lipinski definition) is 4. The summed E-state index contributed by atoms with van der Waals surface area (Å²) in [6.45, 7) is 2.54. The number of aromatic nitrogens is 1. The summed E-state index contributed by atoms with van der Waals surface area (Å²) in [5.41, 5.74) is 5.79. The number of fused-ring (bicyclic) bond motifs is 2. The zero-order valence-corrected chi connectivity index (χ0v) is 19.4. The van der Waals surface area contributed by atoms with Gasteiger partial charge in [-0.15, -0.1) is 0 Å². The number of Topliss-reactive ketones (excluding diaryl/α,β-unsaturated/α-hetero) is 2. The number of carbonyl (C=O) groups excluding carboxylic acids is 2. The molecule has 0 amide bonds. The Kier molecular flexibility index (Phi) is 5.59. The van der Waals surface area contributed by atoms with E-state index in [9.17, 15) is 9.59 Å². The molecule has 3 aromatic rings. The molecule has 1 aromatic heterocycles. The molecule has 5 rings (SSSR count). The highest BCUT2D eigenvalue weighted by atomic mass is 35.5. The molecule has 0 fully saturated rings. The molecule has 168 valence electrons. The van der Waals surface area contributed by atoms with E-state index < -0.39 is 6.04 Å². The quantitative estimate of drug-likeness (QED) is 0.480. The van der Waals surface area contributed by atoms with Crippen molar-refractivity contribution in [2.45, 2.75) is 38.8 Å². The first-order chi connectivity index (χ1) is 16.0. The van der Waals surface area contributed by atoms with Gasteiger partial charge in [0.25, 0.3) is 0 Å². The van der Waals surface area contributed by atoms with Crippen LogP contribution in [0.3, 0.4) is 0 Å². The zero-order chi connectivity index (χ0) is 23.1. The molecule has 1 aliphatic carbocycles. The summed E-state index contributed by atoms with van der Waals surface area (Å²) >= 11 is 6.70. The minimum Gasteiger partial charge on any atom is -0.496 e. The van der Waals surface area contributed by atoms with Crippen LogP contribution < -0.4 is 10.1 Å². The van der Waals surface area contributed by atoms with Gasteiger partial charge < -0.3 is 14.6 Å². The fourth-order valence-electron chi connectivity index (χ4n) is 4.85. The Labute approximate surface area is 198 Å². The lowest BCUT2D eigenvalue weighted by Gasteiger charge is -2.22. The van der Waals surface area contributed by atoms with E-state index in [1.807, 2.05) is 43.5 Å². The van der Waals surface area contributed by atoms with E-state index in [-0.39, 0.29) is 11.6 Å². The van der Waals surface area contributed by atoms with Crippen molar-refractivity contribution >= 4 is 34.4 Å². The molecule has 2 heterocycles. The highest BCUT2D eigenvalue weighted by molar-refractivity contribution is 6.33. The Balaban J connectivity index is 1.59. The largest absolute Gasteiger partial charge is 0.496 e. The van der Waals surface area contributed by atoms with Crippen molar-refractivity contribution in [3.63, 3.8) is 0 Å². The van der Waals surface area contributed by atoms with Crippen LogP contribution in [0.5, 0.6) is 5.75 Å². The first-order valence-electron chi connectivity index (χ1n) is 11.1. The first-order valence-corrected chi connectivity index (χ1v) is 11.5. The smallest absolute Gasteiger partial charge is 0.194 e. The highest BCUT2D eigenvalue weighted by Crippen LogP contribution is 2.40. The Morgan fingerprint density at radius 2 is 1.97 bits per heavy atom. The van der Waals surface area contributed by atoms with E-state index in [1.54, 1.807) is 19.2 Å². The molecule has 2 aromatic carbocycles. The van der Waals surface area contributed by atoms with E-state index in [2.05, 4.69) is 16.0 Å². The van der Waals surface area contributed by atoms with Crippen LogP contribution in [0.2, 0.25) is 5.02 Å². The molecule has 0 spiro atoms. The second kappa shape index (κ2) is 8.56. The molecule has 0 bridgehead atoms. The molecule has 1 unspecified atom stereocenters. The summed E-state index contributed by atoms with van der Waals surface area (Å²) in [7, 11) is 1.55. The van der Waals surface area contributed by atoms with E-state index in [0.717, 1.165) is 46.5 Å². The van der Waals surface area contributed by atoms with Gasteiger partial charge in [0.05, 0.1) is 12.7 Å². The Morgan fingerprint density at radius 3 is 2.79 bits per heavy atom. The number of ether oxygens (including phenoxy) is 1. The molecular formula is C27H25ClN2O3. The summed E-state index contributed by atoms with van der Waals surface area (Å²) < 4.78 is 7.74. The van der Waals surface area contributed by atoms with Crippen LogP contribution in [-0.4, -0.2) is 23.2 Å². The van der Waals surface area contributed by atoms with Gasteiger partial charge >= 0.3 is 0 Å². The van der Waals surface area contributed by atoms with Gasteiger partial charge in [-0.05, 0) is 66.8 Å². The van der Waals surface area contributed by atoms with E-state index in [4.69, 9.17) is 16.3 Å². The van der Waals surface area contributed by atoms with Crippen LogP contribution in [0, 0.1) is 0 Å². The lowest BCUT2D eigenvalue weighted by Crippen LogP contribution is -2.23. The fraction of sp³-hybridized carbons (Fsp3) is 0.259. The number of nitrogens with zero attached hydrogens (tertiary/aromatic N) is 1. The van der Waals surface area contributed by atoms with Crippen molar-refractivity contribution in [1.29, 1.82) is 0 Å². The Bertz CT molecular complexity index is 1300. The SMILES string of the molecule is COc1cc(C2=C(C)C(=O)CCC2)c(Cl)cc1C(=O)C1Nc2ccccc2Cn2cccc21. The van der Waals surface area contributed by atoms with Gasteiger partial charge in [0, 0.05) is 41.1 Å². The third-order valence-electron chi connectivity index (χ3n) is 6.66. The number of allylic oxidation sites excluding steroid dienone is 2. The third kappa shape index (κ3) is 3.76. The predicted octanol–water partition coefficient (Wildman–Crippen LogP) is 6.07. The second-order valence-corrected chi connectivity index (χ2v) is 8.98. The van der Waals surface area contributed by atoms with Gasteiger partial charge in [-0.1, -0.05) is 29.8 Å². The maximum atomic E-state index is 13.9. The summed E-state index contributed by atoms with van der Waals surface area (Å²) in [6.07, 6.45) is 4.13. The van der Waals surface area contributed by atoms with Gasteiger partial charge in [0.1, 0.15) is 11.8 Å². The third-order valence-corrected chi connectivity index (χ3v) is 6.97. The monoisotopic (exact) mass is 460 g/mol. The summed E-state index contributed by atoms with van der Waals surface area (Å²) in [6, 6.07) is 14.8. The molecule has 0 saturated carbocycles. The average molecular weight is 461 g/mol. The maximum Gasteiger partial charge on any atom is 0.194 e. The Hall–Kier alpha value is -3.31. The van der Waals surface area contributed by atoms with Crippen LogP contribution in [0.4, 0.5) is 5.69 Å². The summed E-state index contributed by atoms with van der Waals surface area (Å²) in [4.78, 5) is 26.1. The lowest BCUT2D eigenvalue weighted by molar-refractivity contribution is -0.115. The van der Waals surface area contributed by atoms with E-state index in [1.165, 1.54) is 0 Å². The lowest BCUT2D eigenvalue weighted by atomic mass is 9.86. The topological polar surface area (TPSA) is 60.3 Å². The van der Waals surface area contributed by atoms with Crippen molar-refractivity contribution in [3.05, 3.63) is 87.7 Å². The predicted molar refractivity (Wildman–Crippen MR) is 130 cm³/mol. The zero-order valence-electron chi connectivity index (χ0n) is 18.7. The molecule has 6 heteroatoms. The van der Waals surface area contributed by atoms with E-state index in [0.29, 0.717) is 29.3 Å². The van der Waals surface area contributed by atoms with Gasteiger partial charge in [0.15, 0.2) is 11.6 Å². The van der Waals surface area contributed by atoms with Crippen molar-refractivity contribution in [2.75, 3.05) is 12.4 Å². The molecule has 1 N–H and O–H groups in total. The van der Waals surface area contributed by atoms with Gasteiger partial charge in [-0.25, -0.2) is 0 Å². The molecule has 1 atom stereocenters. The van der Waals surface area contributed by atoms with Crippen LogP contribution in [0.15, 0.2) is 60.3 Å². The molecule has 0 saturated heterocycles. The van der Waals surface area contributed by atoms with Crippen molar-refractivity contribution in [1.82, 2.24) is 4.57 Å². The molecular weight excluding hydrogens is 436 g/mol. The summed E-state index contributed by atoms with van der Waals surface area (Å²) in [5.74, 6) is 0.478. The minimum atomic E-state index is -0.586. The van der Waals surface area contributed by atoms with E-state index >= 15 is 0 Å². The van der Waals surface area contributed by atoms with Crippen LogP contribution in [0.25, 0.3) is 5.57 Å². The number of carbonyl (C=O) groups is 2. The molecule has 5 nitrogen and oxygen atoms in total. The fourth-order valence-corrected chi connectivity index (χ4v) is 5.13. The number of para-hydroxylation sites is 1. The first kappa shape index (κ1) is 21.5. The van der Waals surface area contributed by atoms with Gasteiger partial charge in [-0.2, -0.15) is 0 Å². The van der Waals surface area contributed by atoms with Gasteiger partial charge in [0.2, 0.25) is 0 Å². The Morgan fingerprint density at radius 1 is 1.15 bits per heavy atom. The number of methoxy groups -OCH3 is 1. The van der Waals surface area contributed by atoms with Crippen LogP contribution >= 0.6 is 11.6 Å². The minimum absolute atomic E-state index is 0.123. The standard InChI is InChI=1S/C27H25ClN2O3/c1-16-18(8-5-11-24(16)31)19-14-25(33-2)20(13-21(19)28)27(32)26-23-10-6-12-30(23)15-17-7-3-4-9-22(17)29-26/h3-4,6-7,9-10,12-14,26,29H,5,8,11,15H2,1-2H3. The number of rotatable bonds is 4. The highest BCUT2D eigenvalue weighted by Gasteiger charge is 2.31. The number of hydrogen-bond donors (Lipinski definition) is 1. The van der Waals surface area contributed by atoms with Crippen LogP contribution in [0.1, 0.15) is 59.4 Å². The van der Waals surface area contributed by atoms with Crippen LogP contribution in [-0.2, 0) is 11.3 Å². The maximum absolute atomic E-state index is 13.9. The molecule has 0 radical (unpaired) electrons. The van der Waals surface area contributed by atoms with Gasteiger partial charge in [-0.3, -0.25) is 9.59 Å². The summed E-state index contributed by atoms with van der Waals surface area (Å²) in [5, 5.41) is 3.89. The average Bonchev–Trinajstić information content (AvgIpc) is 3.21. The normalized spacial score (nSPS) is 17.7. The molecule has 1 aliphatic heterocycles. The molecule has 2 aliphatic rings. The van der Waals surface area contributed by atoms with Crippen molar-refractivity contribution < 1.29 is 14.3 Å². The van der Waals surface area contributed by atoms with Crippen molar-refractivity contribution in [3.8, 4) is 5.75 Å². The number of nitrogens with one attached hydrogen (secondary N) is 1. The second-order valence-electron chi connectivity index (χ2n) is 8.57. The number of ketones is 2.